The summed E-state index contributed by atoms with van der Waals surface area (Å²) in [6.45, 7) is 2.91. The fourth-order valence-electron chi connectivity index (χ4n) is 2.97. The quantitative estimate of drug-likeness (QED) is 0.731. The smallest absolute Gasteiger partial charge is 0.255 e. The molecule has 0 fully saturated rings. The van der Waals surface area contributed by atoms with Crippen molar-refractivity contribution in [2.24, 2.45) is 0 Å². The fourth-order valence-corrected chi connectivity index (χ4v) is 2.97. The highest BCUT2D eigenvalue weighted by atomic mass is 16.5. The molecule has 2 heterocycles. The lowest BCUT2D eigenvalue weighted by molar-refractivity contribution is 0.102. The lowest BCUT2D eigenvalue weighted by Gasteiger charge is -2.10. The van der Waals surface area contributed by atoms with Crippen LogP contribution in [0.1, 0.15) is 22.5 Å². The van der Waals surface area contributed by atoms with Crippen LogP contribution in [-0.2, 0) is 0 Å². The number of rotatable bonds is 3. The summed E-state index contributed by atoms with van der Waals surface area (Å²) in [7, 11) is 0. The molecule has 0 atom stereocenters. The summed E-state index contributed by atoms with van der Waals surface area (Å²) in [5.41, 5.74) is 2.18. The van der Waals surface area contributed by atoms with Crippen LogP contribution in [-0.4, -0.2) is 29.1 Å². The first-order chi connectivity index (χ1) is 13.6. The predicted molar refractivity (Wildman–Crippen MR) is 105 cm³/mol. The number of amides is 1. The number of aromatic nitrogens is 2. The van der Waals surface area contributed by atoms with E-state index >= 15 is 0 Å². The maximum atomic E-state index is 12.7. The van der Waals surface area contributed by atoms with Gasteiger partial charge in [-0.3, -0.25) is 9.59 Å². The third-order valence-electron chi connectivity index (χ3n) is 4.27. The molecule has 2 N–H and O–H groups in total. The summed E-state index contributed by atoms with van der Waals surface area (Å²) >= 11 is 0. The monoisotopic (exact) mass is 377 g/mol. The van der Waals surface area contributed by atoms with Crippen molar-refractivity contribution >= 4 is 11.6 Å². The van der Waals surface area contributed by atoms with Crippen LogP contribution in [0.3, 0.4) is 0 Å². The largest absolute Gasteiger partial charge is 0.490 e. The molecule has 28 heavy (non-hydrogen) atoms. The van der Waals surface area contributed by atoms with Gasteiger partial charge in [-0.2, -0.15) is 0 Å². The minimum Gasteiger partial charge on any atom is -0.490 e. The number of H-pyrrole nitrogens is 1. The SMILES string of the molecule is Cc1cc(=O)[nH]c(-c2cccc(NC(=O)c3ccc4c(c3)OCCCO4)c2)n1. The van der Waals surface area contributed by atoms with E-state index in [4.69, 9.17) is 9.47 Å². The first-order valence-electron chi connectivity index (χ1n) is 8.98. The van der Waals surface area contributed by atoms with Crippen molar-refractivity contribution in [2.75, 3.05) is 18.5 Å². The average molecular weight is 377 g/mol. The van der Waals surface area contributed by atoms with Gasteiger partial charge in [0.15, 0.2) is 11.5 Å². The molecule has 0 radical (unpaired) electrons. The van der Waals surface area contributed by atoms with E-state index in [-0.39, 0.29) is 11.5 Å². The molecule has 2 aromatic carbocycles. The highest BCUT2D eigenvalue weighted by molar-refractivity contribution is 6.04. The Labute approximate surface area is 161 Å². The van der Waals surface area contributed by atoms with E-state index < -0.39 is 0 Å². The lowest BCUT2D eigenvalue weighted by Crippen LogP contribution is -2.12. The van der Waals surface area contributed by atoms with Gasteiger partial charge in [-0.25, -0.2) is 4.98 Å². The van der Waals surface area contributed by atoms with Gasteiger partial charge in [-0.15, -0.1) is 0 Å². The molecule has 1 amide bonds. The number of carbonyl (C=O) groups is 1. The van der Waals surface area contributed by atoms with Crippen molar-refractivity contribution in [3.63, 3.8) is 0 Å². The Bertz CT molecular complexity index is 1090. The Morgan fingerprint density at radius 2 is 1.89 bits per heavy atom. The number of aromatic amines is 1. The van der Waals surface area contributed by atoms with E-state index in [1.54, 1.807) is 43.3 Å². The molecule has 0 bridgehead atoms. The minimum atomic E-state index is -0.265. The van der Waals surface area contributed by atoms with Gasteiger partial charge >= 0.3 is 0 Å². The number of hydrogen-bond donors (Lipinski definition) is 2. The zero-order chi connectivity index (χ0) is 19.5. The third kappa shape index (κ3) is 3.88. The van der Waals surface area contributed by atoms with Gasteiger partial charge in [-0.05, 0) is 37.3 Å². The van der Waals surface area contributed by atoms with Gasteiger partial charge in [-0.1, -0.05) is 12.1 Å². The van der Waals surface area contributed by atoms with E-state index in [9.17, 15) is 9.59 Å². The number of ether oxygens (including phenoxy) is 2. The zero-order valence-electron chi connectivity index (χ0n) is 15.3. The highest BCUT2D eigenvalue weighted by Crippen LogP contribution is 2.30. The standard InChI is InChI=1S/C21H19N3O4/c1-13-10-19(25)24-20(22-13)14-4-2-5-16(11-14)23-21(26)15-6-7-17-18(12-15)28-9-3-8-27-17/h2,4-7,10-12H,3,8-9H2,1H3,(H,23,26)(H,22,24,25). The zero-order valence-corrected chi connectivity index (χ0v) is 15.3. The topological polar surface area (TPSA) is 93.3 Å². The molecule has 4 rings (SSSR count). The number of fused-ring (bicyclic) bond motifs is 1. The lowest BCUT2D eigenvalue weighted by atomic mass is 10.1. The van der Waals surface area contributed by atoms with Gasteiger partial charge in [0.25, 0.3) is 11.5 Å². The Morgan fingerprint density at radius 1 is 1.07 bits per heavy atom. The van der Waals surface area contributed by atoms with E-state index in [1.165, 1.54) is 6.07 Å². The molecule has 3 aromatic rings. The number of carbonyl (C=O) groups excluding carboxylic acids is 1. The van der Waals surface area contributed by atoms with Crippen LogP contribution in [0, 0.1) is 6.92 Å². The van der Waals surface area contributed by atoms with Gasteiger partial charge < -0.3 is 19.8 Å². The van der Waals surface area contributed by atoms with Gasteiger partial charge in [0.05, 0.1) is 13.2 Å². The highest BCUT2D eigenvalue weighted by Gasteiger charge is 2.14. The fraction of sp³-hybridized carbons (Fsp3) is 0.190. The van der Waals surface area contributed by atoms with Crippen molar-refractivity contribution < 1.29 is 14.3 Å². The van der Waals surface area contributed by atoms with Crippen molar-refractivity contribution in [1.82, 2.24) is 9.97 Å². The molecule has 1 aliphatic rings. The number of nitrogens with one attached hydrogen (secondary N) is 2. The summed E-state index contributed by atoms with van der Waals surface area (Å²) in [6.07, 6.45) is 0.804. The minimum absolute atomic E-state index is 0.218. The Balaban J connectivity index is 1.57. The Hall–Kier alpha value is -3.61. The second-order valence-electron chi connectivity index (χ2n) is 6.48. The normalized spacial score (nSPS) is 12.9. The van der Waals surface area contributed by atoms with Crippen LogP contribution in [0.15, 0.2) is 53.3 Å². The molecule has 0 spiro atoms. The molecule has 0 aliphatic carbocycles. The van der Waals surface area contributed by atoms with Crippen molar-refractivity contribution in [3.05, 3.63) is 70.1 Å². The average Bonchev–Trinajstić information content (AvgIpc) is 2.92. The number of anilines is 1. The molecule has 0 unspecified atom stereocenters. The molecule has 1 aliphatic heterocycles. The Morgan fingerprint density at radius 3 is 2.71 bits per heavy atom. The number of aryl methyl sites for hydroxylation is 1. The summed E-state index contributed by atoms with van der Waals surface area (Å²) in [6, 6.07) is 13.7. The Kier molecular flexibility index (Phi) is 4.80. The maximum absolute atomic E-state index is 12.7. The van der Waals surface area contributed by atoms with Crippen LogP contribution in [0.4, 0.5) is 5.69 Å². The molecular weight excluding hydrogens is 358 g/mol. The number of nitrogens with zero attached hydrogens (tertiary/aromatic N) is 1. The van der Waals surface area contributed by atoms with E-state index in [0.717, 1.165) is 6.42 Å². The summed E-state index contributed by atoms with van der Waals surface area (Å²) in [4.78, 5) is 31.4. The molecule has 142 valence electrons. The molecule has 7 heteroatoms. The summed E-state index contributed by atoms with van der Waals surface area (Å²) < 4.78 is 11.2. The van der Waals surface area contributed by atoms with E-state index in [1.807, 2.05) is 6.07 Å². The number of benzene rings is 2. The number of hydrogen-bond acceptors (Lipinski definition) is 5. The van der Waals surface area contributed by atoms with Gasteiger partial charge in [0.1, 0.15) is 5.82 Å². The molecule has 1 aromatic heterocycles. The first kappa shape index (κ1) is 17.8. The van der Waals surface area contributed by atoms with Gasteiger partial charge in [0.2, 0.25) is 0 Å². The van der Waals surface area contributed by atoms with Crippen molar-refractivity contribution in [3.8, 4) is 22.9 Å². The molecule has 0 saturated carbocycles. The van der Waals surface area contributed by atoms with E-state index in [0.29, 0.717) is 53.0 Å². The van der Waals surface area contributed by atoms with Gasteiger partial charge in [0, 0.05) is 35.0 Å². The van der Waals surface area contributed by atoms with Crippen LogP contribution < -0.4 is 20.3 Å². The first-order valence-corrected chi connectivity index (χ1v) is 8.98. The van der Waals surface area contributed by atoms with Crippen LogP contribution in [0.2, 0.25) is 0 Å². The summed E-state index contributed by atoms with van der Waals surface area (Å²) in [5.74, 6) is 1.40. The van der Waals surface area contributed by atoms with E-state index in [2.05, 4.69) is 15.3 Å². The predicted octanol–water partition coefficient (Wildman–Crippen LogP) is 3.16. The van der Waals surface area contributed by atoms with Crippen molar-refractivity contribution in [1.29, 1.82) is 0 Å². The third-order valence-corrected chi connectivity index (χ3v) is 4.27. The summed E-state index contributed by atoms with van der Waals surface area (Å²) in [5, 5.41) is 2.86. The molecule has 0 saturated heterocycles. The molecule has 7 nitrogen and oxygen atoms in total. The maximum Gasteiger partial charge on any atom is 0.255 e. The second-order valence-corrected chi connectivity index (χ2v) is 6.48. The van der Waals surface area contributed by atoms with Crippen LogP contribution >= 0.6 is 0 Å². The van der Waals surface area contributed by atoms with Crippen LogP contribution in [0.25, 0.3) is 11.4 Å². The van der Waals surface area contributed by atoms with Crippen LogP contribution in [0.5, 0.6) is 11.5 Å². The second kappa shape index (κ2) is 7.56. The molecular formula is C21H19N3O4. The van der Waals surface area contributed by atoms with Crippen molar-refractivity contribution in [2.45, 2.75) is 13.3 Å².